The fraction of sp³-hybridized carbons (Fsp3) is 0.170. The quantitative estimate of drug-likeness (QED) is 0.0229. The van der Waals surface area contributed by atoms with Gasteiger partial charge in [-0.2, -0.15) is 25.1 Å². The number of hydrazine groups is 4. The van der Waals surface area contributed by atoms with E-state index in [0.717, 1.165) is 115 Å². The van der Waals surface area contributed by atoms with E-state index in [9.17, 15) is 140 Å². The van der Waals surface area contributed by atoms with Crippen LogP contribution < -0.4 is 50.9 Å². The molecule has 0 spiro atoms. The van der Waals surface area contributed by atoms with Crippen molar-refractivity contribution in [1.82, 2.24) is 51.3 Å². The van der Waals surface area contributed by atoms with Gasteiger partial charge in [-0.1, -0.05) is 0 Å². The number of hydrogen-bond acceptors (Lipinski definition) is 33. The lowest BCUT2D eigenvalue weighted by Gasteiger charge is -2.31. The Kier molecular flexibility index (Phi) is 38.3. The number of nitrogens with zero attached hydrogens (tertiary/aromatic N) is 14. The molecular formula is C100H92N18O32. The molecule has 0 aliphatic carbocycles. The van der Waals surface area contributed by atoms with Crippen molar-refractivity contribution < 1.29 is 154 Å². The van der Waals surface area contributed by atoms with E-state index in [-0.39, 0.29) is 51.0 Å². The molecule has 0 unspecified atom stereocenters. The second-order valence-corrected chi connectivity index (χ2v) is 32.9. The van der Waals surface area contributed by atoms with Gasteiger partial charge >= 0.3 is 12.2 Å². The standard InChI is InChI=1S/C20H21N3O7.C19H15N3O5.C18H19N3O6.2C15H13N3O5.C13H11N3O4/c1-12(24)22(23(13(2)25)19(29)30-20(3,4)5)18(28)14-6-8-15(9-7-14)21-16(26)10-11-17(21)27;1-27-16-10-12(2-7-15(16)23)11-20-21-19(26)13-3-5-14(6-4-13)22-17(24)8-9-18(22)25;1-11(22)21(17(26)27-18(2,3)4)19-16(25)12-5-7-13(8-6-12)20-14(23)9-10-15(20)24;1-9(19)18(10(2)20)16-15(23)11-3-5-12(6-4-11)17-13(21)7-8-14(17)22;1-9(19)16-18(10(2)20)15(23)11-3-5-12(6-4-11)17-13(21)7-8-14(17)22;1-8(17)14-15-13(20)9-2-4-10(5-3-9)16-11(18)6-7-12(16)19/h6-11H,1-5H3;2-11,23H,1H3,(H,21,26);5-10H,1-4H3,(H,19,25);3-8H,1-2H3,(H,16,23);3-8H,1-2H3,(H,16,19);2-7,18-19H,1H3/b;20-11+;;;;. The molecule has 5 aliphatic rings. The van der Waals surface area contributed by atoms with Gasteiger partial charge in [0.25, 0.3) is 100 Å². The Bertz CT molecular complexity index is 6940. The SMILES string of the molecule is CC(=O)N(C(=O)OC(C)(C)C)N(C(C)=O)C(=O)c1ccc(N2C(=O)C=CC2=O)cc1.CC(=O)N(NC(=O)c1ccc(N2C(=O)C=CC2=O)cc1)C(=O)OC(C)(C)C.CC(=O)N(NC(=O)c1ccc(N2C(=O)C=CC2=O)cc1)C(C)=O.CC(=O)N=NC(=O)c1ccc(-n2c(O)ccc2O)cc1.CC(=O)NN(C(C)=O)C(=O)c1ccc(N2C(=O)C=CC2=O)cc1.COc1cc(/C=N/NC(=O)c2ccc(N3C(=O)C=CC3=O)cc2)ccc1O. The number of ether oxygens (including phenoxy) is 3. The number of rotatable bonds is 15. The van der Waals surface area contributed by atoms with Crippen molar-refractivity contribution in [3.63, 3.8) is 0 Å². The van der Waals surface area contributed by atoms with E-state index in [1.54, 1.807) is 53.7 Å². The predicted octanol–water partition coefficient (Wildman–Crippen LogP) is 7.28. The molecule has 0 fully saturated rings. The van der Waals surface area contributed by atoms with Crippen LogP contribution in [0.3, 0.4) is 0 Å². The normalized spacial score (nSPS) is 13.0. The zero-order valence-electron chi connectivity index (χ0n) is 82.0. The van der Waals surface area contributed by atoms with Crippen LogP contribution in [0.2, 0.25) is 0 Å². The largest absolute Gasteiger partial charge is 0.504 e. The molecule has 26 amide bonds. The molecule has 1 aromatic heterocycles. The topological polar surface area (TPSA) is 655 Å². The van der Waals surface area contributed by atoms with E-state index < -0.39 is 165 Å². The monoisotopic (exact) mass is 2060 g/mol. The number of hydrogen-bond donors (Lipinski definition) is 7. The molecule has 50 nitrogen and oxygen atoms in total. The highest BCUT2D eigenvalue weighted by Crippen LogP contribution is 2.31. The van der Waals surface area contributed by atoms with Crippen LogP contribution in [0.5, 0.6) is 23.3 Å². The average Bonchev–Trinajstić information content (AvgIpc) is 1.15. The lowest BCUT2D eigenvalue weighted by molar-refractivity contribution is -0.153. The summed E-state index contributed by atoms with van der Waals surface area (Å²) in [6, 6.07) is 41.1. The van der Waals surface area contributed by atoms with E-state index in [0.29, 0.717) is 70.4 Å². The average molecular weight is 2060 g/mol. The number of carbonyl (C=O) groups is 26. The fourth-order valence-electron chi connectivity index (χ4n) is 12.7. The number of aromatic hydroxyl groups is 3. The van der Waals surface area contributed by atoms with Crippen LogP contribution in [0, 0.1) is 0 Å². The molecule has 0 saturated heterocycles. The molecule has 150 heavy (non-hydrogen) atoms. The molecule has 50 heteroatoms. The Hall–Kier alpha value is -20.8. The lowest BCUT2D eigenvalue weighted by Crippen LogP contribution is -2.55. The van der Waals surface area contributed by atoms with E-state index in [2.05, 4.69) is 37.0 Å². The zero-order chi connectivity index (χ0) is 112. The summed E-state index contributed by atoms with van der Waals surface area (Å²) >= 11 is 0. The van der Waals surface area contributed by atoms with Crippen LogP contribution in [-0.2, 0) is 95.8 Å². The predicted molar refractivity (Wildman–Crippen MR) is 522 cm³/mol. The van der Waals surface area contributed by atoms with Crippen LogP contribution in [0.1, 0.15) is 165 Å². The molecule has 0 saturated carbocycles. The molecular weight excluding hydrogens is 1970 g/mol. The van der Waals surface area contributed by atoms with Crippen molar-refractivity contribution in [3.8, 4) is 28.9 Å². The van der Waals surface area contributed by atoms with Gasteiger partial charge in [-0.15, -0.1) is 15.2 Å². The van der Waals surface area contributed by atoms with Gasteiger partial charge in [-0.3, -0.25) is 136 Å². The molecule has 5 aliphatic heterocycles. The fourth-order valence-corrected chi connectivity index (χ4v) is 12.7. The Morgan fingerprint density at radius 3 is 0.927 bits per heavy atom. The van der Waals surface area contributed by atoms with Gasteiger partial charge in [0.05, 0.1) is 47.4 Å². The second-order valence-electron chi connectivity index (χ2n) is 32.9. The van der Waals surface area contributed by atoms with E-state index in [1.165, 1.54) is 208 Å². The number of hydrazone groups is 1. The van der Waals surface area contributed by atoms with Gasteiger partial charge in [0.1, 0.15) is 11.2 Å². The first-order valence-electron chi connectivity index (χ1n) is 43.6. The number of phenolic OH excluding ortho intramolecular Hbond substituents is 1. The number of nitrogens with one attached hydrogen (secondary N) is 4. The van der Waals surface area contributed by atoms with E-state index in [4.69, 9.17) is 14.2 Å². The summed E-state index contributed by atoms with van der Waals surface area (Å²) in [7, 11) is 1.43. The number of aromatic nitrogens is 1. The van der Waals surface area contributed by atoms with Crippen molar-refractivity contribution in [2.75, 3.05) is 31.6 Å². The van der Waals surface area contributed by atoms with Gasteiger partial charge in [-0.25, -0.2) is 39.5 Å². The molecule has 0 radical (unpaired) electrons. The summed E-state index contributed by atoms with van der Waals surface area (Å²) < 4.78 is 16.4. The first-order valence-corrected chi connectivity index (χ1v) is 43.6. The first kappa shape index (κ1) is 114. The Morgan fingerprint density at radius 2 is 0.620 bits per heavy atom. The maximum atomic E-state index is 12.9. The molecule has 13 rings (SSSR count). The number of azo groups is 1. The smallest absolute Gasteiger partial charge is 0.437 e. The van der Waals surface area contributed by atoms with Gasteiger partial charge < -0.3 is 29.5 Å². The van der Waals surface area contributed by atoms with Crippen molar-refractivity contribution in [3.05, 3.63) is 276 Å². The Labute approximate surface area is 849 Å². The summed E-state index contributed by atoms with van der Waals surface area (Å²) in [5, 5.41) is 41.3. The van der Waals surface area contributed by atoms with Gasteiger partial charge in [-0.05, 0) is 211 Å². The summed E-state index contributed by atoms with van der Waals surface area (Å²) in [6.45, 7) is 18.5. The number of imide groups is 10. The van der Waals surface area contributed by atoms with Crippen LogP contribution in [-0.4, -0.2) is 223 Å². The highest BCUT2D eigenvalue weighted by Gasteiger charge is 2.39. The molecule has 7 aromatic carbocycles. The van der Waals surface area contributed by atoms with E-state index in [1.807, 2.05) is 0 Å². The minimum Gasteiger partial charge on any atom is -0.504 e. The third-order valence-corrected chi connectivity index (χ3v) is 19.3. The number of benzene rings is 7. The highest BCUT2D eigenvalue weighted by molar-refractivity contribution is 6.31. The van der Waals surface area contributed by atoms with Crippen LogP contribution in [0.4, 0.5) is 38.0 Å². The lowest BCUT2D eigenvalue weighted by atomic mass is 10.1. The maximum absolute atomic E-state index is 12.9. The summed E-state index contributed by atoms with van der Waals surface area (Å²) in [5.74, 6) is -14.4. The number of carbonyl (C=O) groups excluding carboxylic acids is 26. The van der Waals surface area contributed by atoms with Crippen LogP contribution in [0.25, 0.3) is 5.69 Å². The summed E-state index contributed by atoms with van der Waals surface area (Å²) in [5.41, 5.74) is 10.5. The molecule has 0 atom stereocenters. The van der Waals surface area contributed by atoms with Crippen molar-refractivity contribution in [1.29, 1.82) is 0 Å². The minimum atomic E-state index is -1.19. The number of anilines is 5. The molecule has 774 valence electrons. The summed E-state index contributed by atoms with van der Waals surface area (Å²) in [4.78, 5) is 310. The molecule has 7 N–H and O–H groups in total. The van der Waals surface area contributed by atoms with Gasteiger partial charge in [0.2, 0.25) is 41.4 Å². The number of methoxy groups -OCH3 is 1. The van der Waals surface area contributed by atoms with Gasteiger partial charge in [0, 0.05) is 162 Å². The number of amides is 26. The number of phenols is 1. The minimum absolute atomic E-state index is 0.00365. The molecule has 8 aromatic rings. The maximum Gasteiger partial charge on any atom is 0.437 e. The Morgan fingerprint density at radius 1 is 0.320 bits per heavy atom. The second kappa shape index (κ2) is 50.2. The summed E-state index contributed by atoms with van der Waals surface area (Å²) in [6.07, 6.45) is 10.7. The van der Waals surface area contributed by atoms with Crippen molar-refractivity contribution >= 4 is 189 Å². The van der Waals surface area contributed by atoms with Crippen molar-refractivity contribution in [2.24, 2.45) is 15.3 Å². The van der Waals surface area contributed by atoms with E-state index >= 15 is 0 Å². The third kappa shape index (κ3) is 30.6. The van der Waals surface area contributed by atoms with Gasteiger partial charge in [0.15, 0.2) is 23.3 Å². The Balaban J connectivity index is 0.000000220. The van der Waals surface area contributed by atoms with Crippen LogP contribution >= 0.6 is 0 Å². The van der Waals surface area contributed by atoms with Crippen LogP contribution in [0.15, 0.2) is 252 Å². The highest BCUT2D eigenvalue weighted by atomic mass is 16.6. The first-order chi connectivity index (χ1) is 70.4. The van der Waals surface area contributed by atoms with Crippen molar-refractivity contribution in [2.45, 2.75) is 108 Å². The molecule has 6 heterocycles. The third-order valence-electron chi connectivity index (χ3n) is 19.3. The molecule has 0 bridgehead atoms. The zero-order valence-corrected chi connectivity index (χ0v) is 82.0.